The van der Waals surface area contributed by atoms with E-state index in [0.29, 0.717) is 11.6 Å². The Bertz CT molecular complexity index is 497. The van der Waals surface area contributed by atoms with Crippen molar-refractivity contribution < 1.29 is 8.42 Å². The van der Waals surface area contributed by atoms with E-state index in [1.165, 1.54) is 6.07 Å². The molecule has 1 saturated carbocycles. The van der Waals surface area contributed by atoms with E-state index in [0.717, 1.165) is 12.8 Å². The van der Waals surface area contributed by atoms with Crippen LogP contribution in [0.2, 0.25) is 0 Å². The zero-order valence-corrected chi connectivity index (χ0v) is 10.5. The largest absolute Gasteiger partial charge is 0.323 e. The second kappa shape index (κ2) is 4.64. The first-order valence-corrected chi connectivity index (χ1v) is 7.11. The number of hydrogen-bond acceptors (Lipinski definition) is 4. The zero-order chi connectivity index (χ0) is 12.5. The van der Waals surface area contributed by atoms with Gasteiger partial charge < -0.3 is 5.43 Å². The number of sulfonamides is 1. The number of nitrogens with two attached hydrogens (primary N) is 1. The molecule has 0 aliphatic heterocycles. The van der Waals surface area contributed by atoms with Crippen LogP contribution >= 0.6 is 0 Å². The lowest BCUT2D eigenvalue weighted by atomic mass is 10.2. The molecule has 1 fully saturated rings. The summed E-state index contributed by atoms with van der Waals surface area (Å²) in [6, 6.07) is 6.56. The number of rotatable bonds is 5. The van der Waals surface area contributed by atoms with Gasteiger partial charge in [0.15, 0.2) is 0 Å². The Morgan fingerprint density at radius 3 is 2.59 bits per heavy atom. The first kappa shape index (κ1) is 12.3. The molecule has 6 heteroatoms. The Hall–Kier alpha value is -1.11. The van der Waals surface area contributed by atoms with E-state index in [1.54, 1.807) is 18.2 Å². The highest BCUT2D eigenvalue weighted by atomic mass is 32.2. The molecule has 0 amide bonds. The van der Waals surface area contributed by atoms with Crippen LogP contribution in [0.15, 0.2) is 29.2 Å². The van der Waals surface area contributed by atoms with Crippen LogP contribution in [-0.2, 0) is 10.0 Å². The van der Waals surface area contributed by atoms with Crippen molar-refractivity contribution in [3.05, 3.63) is 24.3 Å². The molecule has 0 saturated heterocycles. The summed E-state index contributed by atoms with van der Waals surface area (Å²) in [6.07, 6.45) is 2.20. The van der Waals surface area contributed by atoms with Gasteiger partial charge in [-0.05, 0) is 37.8 Å². The van der Waals surface area contributed by atoms with Crippen LogP contribution in [0.5, 0.6) is 0 Å². The van der Waals surface area contributed by atoms with Crippen molar-refractivity contribution in [2.24, 2.45) is 11.8 Å². The lowest BCUT2D eigenvalue weighted by Gasteiger charge is -2.15. The SMILES string of the molecule is CC(NS(=O)(=O)c1ccccc1NN)C1CC1. The first-order valence-electron chi connectivity index (χ1n) is 5.62. The molecule has 94 valence electrons. The number of hydrogen-bond donors (Lipinski definition) is 3. The molecule has 0 spiro atoms. The van der Waals surface area contributed by atoms with E-state index in [1.807, 2.05) is 6.92 Å². The average Bonchev–Trinajstić information content (AvgIpc) is 3.12. The van der Waals surface area contributed by atoms with Crippen molar-refractivity contribution >= 4 is 15.7 Å². The molecule has 0 aromatic heterocycles. The van der Waals surface area contributed by atoms with Crippen LogP contribution in [0, 0.1) is 5.92 Å². The second-order valence-electron chi connectivity index (χ2n) is 4.39. The van der Waals surface area contributed by atoms with Crippen molar-refractivity contribution in [2.45, 2.75) is 30.7 Å². The zero-order valence-electron chi connectivity index (χ0n) is 9.68. The van der Waals surface area contributed by atoms with E-state index >= 15 is 0 Å². The van der Waals surface area contributed by atoms with Crippen molar-refractivity contribution in [3.63, 3.8) is 0 Å². The molecule has 1 atom stereocenters. The highest BCUT2D eigenvalue weighted by molar-refractivity contribution is 7.89. The smallest absolute Gasteiger partial charge is 0.242 e. The van der Waals surface area contributed by atoms with Gasteiger partial charge in [0.05, 0.1) is 5.69 Å². The van der Waals surface area contributed by atoms with Crippen molar-refractivity contribution in [2.75, 3.05) is 5.43 Å². The third-order valence-electron chi connectivity index (χ3n) is 3.00. The van der Waals surface area contributed by atoms with Gasteiger partial charge >= 0.3 is 0 Å². The maximum Gasteiger partial charge on any atom is 0.242 e. The quantitative estimate of drug-likeness (QED) is 0.542. The van der Waals surface area contributed by atoms with E-state index < -0.39 is 10.0 Å². The number of nitrogen functional groups attached to an aromatic ring is 1. The van der Waals surface area contributed by atoms with E-state index in [9.17, 15) is 8.42 Å². The molecule has 4 N–H and O–H groups in total. The summed E-state index contributed by atoms with van der Waals surface area (Å²) in [5.41, 5.74) is 2.81. The molecule has 1 aromatic carbocycles. The van der Waals surface area contributed by atoms with Crippen LogP contribution in [0.1, 0.15) is 19.8 Å². The van der Waals surface area contributed by atoms with Crippen LogP contribution < -0.4 is 16.0 Å². The van der Waals surface area contributed by atoms with Gasteiger partial charge in [-0.25, -0.2) is 13.1 Å². The van der Waals surface area contributed by atoms with Gasteiger partial charge in [-0.2, -0.15) is 0 Å². The topological polar surface area (TPSA) is 84.2 Å². The van der Waals surface area contributed by atoms with Crippen LogP contribution in [0.4, 0.5) is 5.69 Å². The number of nitrogens with one attached hydrogen (secondary N) is 2. The molecule has 1 aliphatic carbocycles. The minimum absolute atomic E-state index is 0.0224. The summed E-state index contributed by atoms with van der Waals surface area (Å²) in [5.74, 6) is 5.78. The molecule has 1 unspecified atom stereocenters. The number of anilines is 1. The molecule has 5 nitrogen and oxygen atoms in total. The monoisotopic (exact) mass is 255 g/mol. The minimum atomic E-state index is -3.50. The third kappa shape index (κ3) is 2.77. The Morgan fingerprint density at radius 1 is 1.35 bits per heavy atom. The predicted molar refractivity (Wildman–Crippen MR) is 66.8 cm³/mol. The fraction of sp³-hybridized carbons (Fsp3) is 0.455. The number of benzene rings is 1. The first-order chi connectivity index (χ1) is 8.04. The summed E-state index contributed by atoms with van der Waals surface area (Å²) in [5, 5.41) is 0. The van der Waals surface area contributed by atoms with Crippen molar-refractivity contribution in [3.8, 4) is 0 Å². The Kier molecular flexibility index (Phi) is 3.37. The summed E-state index contributed by atoms with van der Waals surface area (Å²) in [7, 11) is -3.50. The summed E-state index contributed by atoms with van der Waals surface area (Å²) >= 11 is 0. The lowest BCUT2D eigenvalue weighted by molar-refractivity contribution is 0.538. The maximum atomic E-state index is 12.1. The van der Waals surface area contributed by atoms with Gasteiger partial charge in [-0.15, -0.1) is 0 Å². The van der Waals surface area contributed by atoms with Crippen LogP contribution in [0.25, 0.3) is 0 Å². The van der Waals surface area contributed by atoms with Gasteiger partial charge in [0.2, 0.25) is 10.0 Å². The van der Waals surface area contributed by atoms with Gasteiger partial charge in [0.1, 0.15) is 4.90 Å². The predicted octanol–water partition coefficient (Wildman–Crippen LogP) is 1.05. The fourth-order valence-corrected chi connectivity index (χ4v) is 3.30. The highest BCUT2D eigenvalue weighted by Crippen LogP contribution is 2.33. The summed E-state index contributed by atoms with van der Waals surface area (Å²) in [6.45, 7) is 1.90. The molecule has 17 heavy (non-hydrogen) atoms. The molecular formula is C11H17N3O2S. The Balaban J connectivity index is 2.24. The molecule has 1 aromatic rings. The number of hydrazine groups is 1. The van der Waals surface area contributed by atoms with E-state index in [-0.39, 0.29) is 10.9 Å². The molecule has 1 aliphatic rings. The van der Waals surface area contributed by atoms with Crippen LogP contribution in [0.3, 0.4) is 0 Å². The summed E-state index contributed by atoms with van der Waals surface area (Å²) < 4.78 is 27.0. The average molecular weight is 255 g/mol. The van der Waals surface area contributed by atoms with E-state index in [4.69, 9.17) is 5.84 Å². The molecular weight excluding hydrogens is 238 g/mol. The van der Waals surface area contributed by atoms with Gasteiger partial charge in [-0.1, -0.05) is 12.1 Å². The molecule has 0 heterocycles. The molecule has 0 bridgehead atoms. The van der Waals surface area contributed by atoms with Gasteiger partial charge in [0.25, 0.3) is 0 Å². The van der Waals surface area contributed by atoms with Crippen LogP contribution in [-0.4, -0.2) is 14.5 Å². The lowest BCUT2D eigenvalue weighted by Crippen LogP contribution is -2.34. The van der Waals surface area contributed by atoms with Crippen molar-refractivity contribution in [1.82, 2.24) is 4.72 Å². The highest BCUT2D eigenvalue weighted by Gasteiger charge is 2.31. The fourth-order valence-electron chi connectivity index (χ4n) is 1.82. The maximum absolute atomic E-state index is 12.1. The van der Waals surface area contributed by atoms with Crippen molar-refractivity contribution in [1.29, 1.82) is 0 Å². The normalized spacial score (nSPS) is 17.8. The summed E-state index contributed by atoms with van der Waals surface area (Å²) in [4.78, 5) is 0.190. The van der Waals surface area contributed by atoms with E-state index in [2.05, 4.69) is 10.1 Å². The molecule has 2 rings (SSSR count). The third-order valence-corrected chi connectivity index (χ3v) is 4.62. The Labute approximate surface area is 101 Å². The van der Waals surface area contributed by atoms with Gasteiger partial charge in [0, 0.05) is 6.04 Å². The minimum Gasteiger partial charge on any atom is -0.323 e. The number of para-hydroxylation sites is 1. The molecule has 0 radical (unpaired) electrons. The standard InChI is InChI=1S/C11H17N3O2S/c1-8(9-6-7-9)14-17(15,16)11-5-3-2-4-10(11)13-12/h2-5,8-9,13-14H,6-7,12H2,1H3. The second-order valence-corrected chi connectivity index (χ2v) is 6.07. The Morgan fingerprint density at radius 2 is 2.00 bits per heavy atom. The van der Waals surface area contributed by atoms with Gasteiger partial charge in [-0.3, -0.25) is 5.84 Å².